The summed E-state index contributed by atoms with van der Waals surface area (Å²) in [5.41, 5.74) is 1.08. The Morgan fingerprint density at radius 1 is 1.44 bits per heavy atom. The number of benzene rings is 1. The summed E-state index contributed by atoms with van der Waals surface area (Å²) in [5.74, 6) is 1.72. The quantitative estimate of drug-likeness (QED) is 0.771. The Kier molecular flexibility index (Phi) is 4.76. The molecule has 1 saturated carbocycles. The van der Waals surface area contributed by atoms with E-state index in [1.807, 2.05) is 18.2 Å². The zero-order valence-corrected chi connectivity index (χ0v) is 12.0. The Hall–Kier alpha value is -0.890. The lowest BCUT2D eigenvalue weighted by molar-refractivity contribution is 0.317. The fraction of sp³-hybridized carbons (Fsp3) is 0.600. The molecule has 2 nitrogen and oxygen atoms in total. The van der Waals surface area contributed by atoms with Gasteiger partial charge in [0.05, 0.1) is 11.6 Å². The molecule has 0 aliphatic heterocycles. The van der Waals surface area contributed by atoms with Gasteiger partial charge in [-0.05, 0) is 43.9 Å². The molecule has 1 aromatic carbocycles. The van der Waals surface area contributed by atoms with E-state index in [1.54, 1.807) is 0 Å². The van der Waals surface area contributed by atoms with E-state index in [0.717, 1.165) is 23.8 Å². The van der Waals surface area contributed by atoms with Gasteiger partial charge in [0.15, 0.2) is 0 Å². The Morgan fingerprint density at radius 2 is 2.22 bits per heavy atom. The van der Waals surface area contributed by atoms with Crippen molar-refractivity contribution in [2.45, 2.75) is 45.6 Å². The molecule has 1 aromatic rings. The third-order valence-electron chi connectivity index (χ3n) is 3.19. The highest BCUT2D eigenvalue weighted by molar-refractivity contribution is 6.32. The first-order valence-electron chi connectivity index (χ1n) is 6.88. The van der Waals surface area contributed by atoms with Gasteiger partial charge >= 0.3 is 0 Å². The topological polar surface area (TPSA) is 21.3 Å². The molecule has 0 amide bonds. The molecule has 18 heavy (non-hydrogen) atoms. The van der Waals surface area contributed by atoms with Crippen LogP contribution in [0.15, 0.2) is 18.2 Å². The Balaban J connectivity index is 1.90. The van der Waals surface area contributed by atoms with E-state index >= 15 is 0 Å². The van der Waals surface area contributed by atoms with Gasteiger partial charge in [-0.3, -0.25) is 0 Å². The third kappa shape index (κ3) is 4.09. The molecule has 1 N–H and O–H groups in total. The third-order valence-corrected chi connectivity index (χ3v) is 3.49. The summed E-state index contributed by atoms with van der Waals surface area (Å²) < 4.78 is 5.56. The van der Waals surface area contributed by atoms with Crippen LogP contribution in [0.5, 0.6) is 5.75 Å². The molecule has 0 saturated heterocycles. The maximum Gasteiger partial charge on any atom is 0.138 e. The standard InChI is InChI=1S/C15H22ClNO/c1-3-8-18-15-7-6-13(10-14(15)16)17-11(2)9-12-4-5-12/h6-7,10-12,17H,3-5,8-9H2,1-2H3. The van der Waals surface area contributed by atoms with E-state index < -0.39 is 0 Å². The second-order valence-electron chi connectivity index (χ2n) is 5.22. The SMILES string of the molecule is CCCOc1ccc(NC(C)CC2CC2)cc1Cl. The van der Waals surface area contributed by atoms with Crippen LogP contribution in [0.25, 0.3) is 0 Å². The molecule has 1 aliphatic rings. The lowest BCUT2D eigenvalue weighted by atomic mass is 10.1. The fourth-order valence-corrected chi connectivity index (χ4v) is 2.35. The predicted molar refractivity (Wildman–Crippen MR) is 77.7 cm³/mol. The van der Waals surface area contributed by atoms with Gasteiger partial charge in [-0.15, -0.1) is 0 Å². The summed E-state index contributed by atoms with van der Waals surface area (Å²) >= 11 is 6.20. The van der Waals surface area contributed by atoms with Gasteiger partial charge in [-0.1, -0.05) is 31.4 Å². The highest BCUT2D eigenvalue weighted by atomic mass is 35.5. The van der Waals surface area contributed by atoms with E-state index in [-0.39, 0.29) is 0 Å². The summed E-state index contributed by atoms with van der Waals surface area (Å²) in [6, 6.07) is 6.45. The van der Waals surface area contributed by atoms with Gasteiger partial charge in [0, 0.05) is 11.7 Å². The molecule has 2 rings (SSSR count). The summed E-state index contributed by atoms with van der Waals surface area (Å²) in [4.78, 5) is 0. The second-order valence-corrected chi connectivity index (χ2v) is 5.63. The van der Waals surface area contributed by atoms with Gasteiger partial charge in [-0.25, -0.2) is 0 Å². The molecule has 1 unspecified atom stereocenters. The number of nitrogens with one attached hydrogen (secondary N) is 1. The Bertz CT molecular complexity index is 390. The van der Waals surface area contributed by atoms with Crippen molar-refractivity contribution in [1.82, 2.24) is 0 Å². The van der Waals surface area contributed by atoms with Crippen LogP contribution in [-0.2, 0) is 0 Å². The molecule has 0 bridgehead atoms. The van der Waals surface area contributed by atoms with E-state index in [0.29, 0.717) is 17.7 Å². The average Bonchev–Trinajstić information content (AvgIpc) is 3.12. The molecule has 0 aromatic heterocycles. The Morgan fingerprint density at radius 3 is 2.83 bits per heavy atom. The van der Waals surface area contributed by atoms with E-state index in [2.05, 4.69) is 19.2 Å². The largest absolute Gasteiger partial charge is 0.492 e. The predicted octanol–water partition coefficient (Wildman–Crippen LogP) is 4.73. The fourth-order valence-electron chi connectivity index (χ4n) is 2.12. The molecule has 0 radical (unpaired) electrons. The minimum atomic E-state index is 0.510. The van der Waals surface area contributed by atoms with Gasteiger partial charge in [0.1, 0.15) is 5.75 Å². The van der Waals surface area contributed by atoms with Crippen molar-refractivity contribution in [2.75, 3.05) is 11.9 Å². The first-order chi connectivity index (χ1) is 8.69. The number of rotatable bonds is 7. The van der Waals surface area contributed by atoms with Crippen molar-refractivity contribution >= 4 is 17.3 Å². The van der Waals surface area contributed by atoms with Crippen LogP contribution in [0.1, 0.15) is 39.5 Å². The van der Waals surface area contributed by atoms with Crippen LogP contribution < -0.4 is 10.1 Å². The molecule has 1 fully saturated rings. The molecule has 0 spiro atoms. The number of anilines is 1. The minimum Gasteiger partial charge on any atom is -0.492 e. The van der Waals surface area contributed by atoms with E-state index in [4.69, 9.17) is 16.3 Å². The van der Waals surface area contributed by atoms with Crippen LogP contribution in [0, 0.1) is 5.92 Å². The van der Waals surface area contributed by atoms with Crippen molar-refractivity contribution in [2.24, 2.45) is 5.92 Å². The van der Waals surface area contributed by atoms with Crippen molar-refractivity contribution < 1.29 is 4.74 Å². The molecule has 1 aliphatic carbocycles. The molecular weight excluding hydrogens is 246 g/mol. The molecule has 100 valence electrons. The smallest absolute Gasteiger partial charge is 0.138 e. The maximum atomic E-state index is 6.20. The van der Waals surface area contributed by atoms with E-state index in [9.17, 15) is 0 Å². The molecule has 0 heterocycles. The van der Waals surface area contributed by atoms with Gasteiger partial charge in [-0.2, -0.15) is 0 Å². The van der Waals surface area contributed by atoms with Gasteiger partial charge in [0.25, 0.3) is 0 Å². The first kappa shape index (κ1) is 13.5. The monoisotopic (exact) mass is 267 g/mol. The number of ether oxygens (including phenoxy) is 1. The molecular formula is C15H22ClNO. The highest BCUT2D eigenvalue weighted by Gasteiger charge is 2.23. The molecule has 1 atom stereocenters. The van der Waals surface area contributed by atoms with Crippen LogP contribution in [-0.4, -0.2) is 12.6 Å². The summed E-state index contributed by atoms with van der Waals surface area (Å²) in [6.45, 7) is 5.03. The summed E-state index contributed by atoms with van der Waals surface area (Å²) in [6.07, 6.45) is 5.05. The first-order valence-corrected chi connectivity index (χ1v) is 7.25. The second kappa shape index (κ2) is 6.33. The zero-order valence-electron chi connectivity index (χ0n) is 11.2. The van der Waals surface area contributed by atoms with Crippen LogP contribution in [0.4, 0.5) is 5.69 Å². The lowest BCUT2D eigenvalue weighted by Crippen LogP contribution is -2.15. The van der Waals surface area contributed by atoms with Crippen LogP contribution in [0.3, 0.4) is 0 Å². The number of hydrogen-bond acceptors (Lipinski definition) is 2. The zero-order chi connectivity index (χ0) is 13.0. The summed E-state index contributed by atoms with van der Waals surface area (Å²) in [7, 11) is 0. The lowest BCUT2D eigenvalue weighted by Gasteiger charge is -2.16. The molecule has 3 heteroatoms. The minimum absolute atomic E-state index is 0.510. The number of hydrogen-bond donors (Lipinski definition) is 1. The summed E-state index contributed by atoms with van der Waals surface area (Å²) in [5, 5.41) is 4.18. The normalized spacial score (nSPS) is 16.4. The Labute approximate surface area is 115 Å². The van der Waals surface area contributed by atoms with Crippen molar-refractivity contribution in [3.63, 3.8) is 0 Å². The van der Waals surface area contributed by atoms with Gasteiger partial charge < -0.3 is 10.1 Å². The highest BCUT2D eigenvalue weighted by Crippen LogP contribution is 2.34. The van der Waals surface area contributed by atoms with Gasteiger partial charge in [0.2, 0.25) is 0 Å². The van der Waals surface area contributed by atoms with Crippen molar-refractivity contribution in [3.05, 3.63) is 23.2 Å². The van der Waals surface area contributed by atoms with Crippen molar-refractivity contribution in [1.29, 1.82) is 0 Å². The van der Waals surface area contributed by atoms with E-state index in [1.165, 1.54) is 19.3 Å². The van der Waals surface area contributed by atoms with Crippen LogP contribution in [0.2, 0.25) is 5.02 Å². The van der Waals surface area contributed by atoms with Crippen LogP contribution >= 0.6 is 11.6 Å². The maximum absolute atomic E-state index is 6.20. The average molecular weight is 268 g/mol. The number of halogens is 1. The van der Waals surface area contributed by atoms with Crippen molar-refractivity contribution in [3.8, 4) is 5.75 Å².